The Morgan fingerprint density at radius 3 is 1.22 bits per heavy atom. The summed E-state index contributed by atoms with van der Waals surface area (Å²) in [6.45, 7) is 6.97. The maximum absolute atomic E-state index is 13.6. The first-order valence-corrected chi connectivity index (χ1v) is 33.8. The van der Waals surface area contributed by atoms with E-state index in [0.29, 0.717) is 17.4 Å². The summed E-state index contributed by atoms with van der Waals surface area (Å²) in [6, 6.07) is -0.861. The molecule has 448 valence electrons. The summed E-state index contributed by atoms with van der Waals surface area (Å²) in [4.78, 5) is 37.7. The van der Waals surface area contributed by atoms with Gasteiger partial charge in [-0.3, -0.25) is 18.6 Å². The van der Waals surface area contributed by atoms with E-state index in [-0.39, 0.29) is 31.5 Å². The van der Waals surface area contributed by atoms with Crippen LogP contribution in [0.4, 0.5) is 0 Å². The van der Waals surface area contributed by atoms with Gasteiger partial charge in [-0.15, -0.1) is 0 Å². The van der Waals surface area contributed by atoms with E-state index in [2.05, 4.69) is 86.8 Å². The van der Waals surface area contributed by atoms with Gasteiger partial charge in [-0.2, -0.15) is 0 Å². The van der Waals surface area contributed by atoms with Crippen LogP contribution in [0.1, 0.15) is 290 Å². The topological polar surface area (TPSA) is 111 Å². The fourth-order valence-corrected chi connectivity index (χ4v) is 9.83. The number of esters is 1. The zero-order chi connectivity index (χ0) is 56.4. The Morgan fingerprint density at radius 1 is 0.455 bits per heavy atom. The zero-order valence-electron chi connectivity index (χ0n) is 51.2. The second-order valence-electron chi connectivity index (χ2n) is 22.9. The maximum Gasteiger partial charge on any atom is 0.472 e. The average molecular weight is 1100 g/mol. The minimum atomic E-state index is -4.46. The Bertz CT molecular complexity index is 1550. The molecule has 0 aromatic carbocycles. The molecule has 3 atom stereocenters. The van der Waals surface area contributed by atoms with Crippen molar-refractivity contribution in [1.82, 2.24) is 5.32 Å². The van der Waals surface area contributed by atoms with E-state index >= 15 is 0 Å². The number of nitrogens with one attached hydrogen (secondary N) is 1. The molecular formula is C67H124N2O7P+. The number of likely N-dealkylation sites (N-methyl/N-ethyl adjacent to an activating group) is 1. The number of quaternary nitrogens is 1. The highest BCUT2D eigenvalue weighted by Crippen LogP contribution is 2.43. The molecule has 0 aromatic rings. The van der Waals surface area contributed by atoms with Gasteiger partial charge in [-0.1, -0.05) is 248 Å². The van der Waals surface area contributed by atoms with Crippen molar-refractivity contribution < 1.29 is 37.3 Å². The number of amides is 1. The fraction of sp³-hybridized carbons (Fsp3) is 0.791. The predicted molar refractivity (Wildman–Crippen MR) is 332 cm³/mol. The third kappa shape index (κ3) is 57.9. The summed E-state index contributed by atoms with van der Waals surface area (Å²) < 4.78 is 30.7. The van der Waals surface area contributed by atoms with E-state index in [4.69, 9.17) is 13.8 Å². The molecule has 0 saturated carbocycles. The molecule has 0 bridgehead atoms. The number of ether oxygens (including phenoxy) is 1. The molecule has 0 radical (unpaired) electrons. The van der Waals surface area contributed by atoms with Crippen molar-refractivity contribution in [2.45, 2.75) is 303 Å². The molecular weight excluding hydrogens is 976 g/mol. The Kier molecular flexibility index (Phi) is 54.8. The number of carbonyl (C=O) groups is 2. The average Bonchev–Trinajstić information content (AvgIpc) is 3.39. The van der Waals surface area contributed by atoms with Crippen LogP contribution in [0.5, 0.6) is 0 Å². The predicted octanol–water partition coefficient (Wildman–Crippen LogP) is 20.0. The van der Waals surface area contributed by atoms with Gasteiger partial charge in [0.2, 0.25) is 5.91 Å². The summed E-state index contributed by atoms with van der Waals surface area (Å²) in [5, 5.41) is 3.05. The van der Waals surface area contributed by atoms with Crippen molar-refractivity contribution in [1.29, 1.82) is 0 Å². The Hall–Kier alpha value is -2.55. The van der Waals surface area contributed by atoms with Crippen LogP contribution in [0.15, 0.2) is 72.9 Å². The lowest BCUT2D eigenvalue weighted by molar-refractivity contribution is -0.870. The Balaban J connectivity index is 5.22. The molecule has 77 heavy (non-hydrogen) atoms. The van der Waals surface area contributed by atoms with E-state index in [1.54, 1.807) is 0 Å². The molecule has 0 saturated heterocycles. The van der Waals surface area contributed by atoms with Crippen molar-refractivity contribution in [2.24, 2.45) is 0 Å². The molecule has 0 fully saturated rings. The first kappa shape index (κ1) is 74.5. The highest BCUT2D eigenvalue weighted by atomic mass is 31.2. The van der Waals surface area contributed by atoms with Gasteiger partial charge < -0.3 is 19.4 Å². The number of nitrogens with zero attached hydrogens (tertiary/aromatic N) is 1. The second kappa shape index (κ2) is 56.7. The summed E-state index contributed by atoms with van der Waals surface area (Å²) in [5.74, 6) is -0.525. The van der Waals surface area contributed by atoms with Crippen molar-refractivity contribution in [3.05, 3.63) is 72.9 Å². The third-order valence-corrected chi connectivity index (χ3v) is 15.1. The number of hydrogen-bond donors (Lipinski definition) is 2. The third-order valence-electron chi connectivity index (χ3n) is 14.1. The normalized spacial score (nSPS) is 14.1. The SMILES string of the molecule is CCCCC/C=C\C/C=C\C/C=C\C/C=C\CCCCCCCC(=O)NC(COP(=O)(O)OCC[N+](C)(C)C)C(/C=C/CCCCCCCCCCC)OC(=O)CCCCCCCCCCC/C=C/CCCCCCCC. The largest absolute Gasteiger partial charge is 0.472 e. The van der Waals surface area contributed by atoms with Crippen molar-refractivity contribution in [3.8, 4) is 0 Å². The molecule has 0 spiro atoms. The zero-order valence-corrected chi connectivity index (χ0v) is 52.1. The molecule has 10 heteroatoms. The number of phosphoric acid groups is 1. The molecule has 0 aromatic heterocycles. The molecule has 0 aliphatic carbocycles. The second-order valence-corrected chi connectivity index (χ2v) is 24.4. The molecule has 3 unspecified atom stereocenters. The first-order chi connectivity index (χ1) is 37.4. The van der Waals surface area contributed by atoms with Crippen molar-refractivity contribution in [3.63, 3.8) is 0 Å². The molecule has 0 aliphatic rings. The number of allylic oxidation sites excluding steroid dienone is 11. The summed E-state index contributed by atoms with van der Waals surface area (Å²) in [7, 11) is 1.48. The molecule has 9 nitrogen and oxygen atoms in total. The summed E-state index contributed by atoms with van der Waals surface area (Å²) in [5.41, 5.74) is 0. The van der Waals surface area contributed by atoms with Gasteiger partial charge in [-0.05, 0) is 102 Å². The molecule has 1 amide bonds. The maximum atomic E-state index is 13.6. The van der Waals surface area contributed by atoms with Crippen LogP contribution in [0.2, 0.25) is 0 Å². The van der Waals surface area contributed by atoms with E-state index < -0.39 is 20.0 Å². The van der Waals surface area contributed by atoms with Gasteiger partial charge in [0.25, 0.3) is 0 Å². The smallest absolute Gasteiger partial charge is 0.456 e. The fourth-order valence-electron chi connectivity index (χ4n) is 9.10. The molecule has 2 N–H and O–H groups in total. The molecule has 0 heterocycles. The highest BCUT2D eigenvalue weighted by Gasteiger charge is 2.30. The lowest BCUT2D eigenvalue weighted by atomic mass is 10.0. The van der Waals surface area contributed by atoms with Crippen LogP contribution >= 0.6 is 7.82 Å². The van der Waals surface area contributed by atoms with Gasteiger partial charge in [0, 0.05) is 12.8 Å². The summed E-state index contributed by atoms with van der Waals surface area (Å²) in [6.07, 6.45) is 73.3. The van der Waals surface area contributed by atoms with Gasteiger partial charge in [0.1, 0.15) is 19.3 Å². The number of carbonyl (C=O) groups excluding carboxylic acids is 2. The minimum Gasteiger partial charge on any atom is -0.456 e. The lowest BCUT2D eigenvalue weighted by Crippen LogP contribution is -2.47. The van der Waals surface area contributed by atoms with Gasteiger partial charge >= 0.3 is 13.8 Å². The standard InChI is InChI=1S/C67H123N2O7P/c1-7-10-13-16-19-22-25-27-29-31-33-34-36-37-39-41-44-47-50-53-56-59-66(70)68-64(63-75-77(72,73)74-62-61-69(4,5)6)65(58-55-52-49-46-43-24-21-18-15-12-9-3)76-67(71)60-57-54-51-48-45-42-40-38-35-32-30-28-26-23-20-17-14-11-8-2/h19,22,27-30,33-34,37,39,55,58,64-65H,7-18,20-21,23-26,31-32,35-36,38,40-54,56-57,59-63H2,1-6H3,(H-,68,70,72,73)/p+1/b22-19-,29-27-,30-28+,34-33-,39-37-,58-55+. The van der Waals surface area contributed by atoms with Crippen LogP contribution in [0.3, 0.4) is 0 Å². The van der Waals surface area contributed by atoms with Gasteiger partial charge in [0.15, 0.2) is 0 Å². The minimum absolute atomic E-state index is 0.0339. The van der Waals surface area contributed by atoms with E-state index in [0.717, 1.165) is 96.3 Å². The van der Waals surface area contributed by atoms with E-state index in [1.165, 1.54) is 161 Å². The quantitative estimate of drug-likeness (QED) is 0.0205. The first-order valence-electron chi connectivity index (χ1n) is 32.3. The number of rotatable bonds is 58. The van der Waals surface area contributed by atoms with Crippen molar-refractivity contribution >= 4 is 19.7 Å². The van der Waals surface area contributed by atoms with Gasteiger partial charge in [-0.25, -0.2) is 4.57 Å². The van der Waals surface area contributed by atoms with E-state index in [1.807, 2.05) is 33.3 Å². The van der Waals surface area contributed by atoms with Crippen LogP contribution in [-0.2, 0) is 27.9 Å². The number of phosphoric ester groups is 1. The Morgan fingerprint density at radius 2 is 0.792 bits per heavy atom. The van der Waals surface area contributed by atoms with Crippen LogP contribution in [-0.4, -0.2) is 74.3 Å². The lowest BCUT2D eigenvalue weighted by Gasteiger charge is -2.27. The Labute approximate surface area is 476 Å². The van der Waals surface area contributed by atoms with Crippen LogP contribution in [0, 0.1) is 0 Å². The molecule has 0 rings (SSSR count). The monoisotopic (exact) mass is 1100 g/mol. The summed E-state index contributed by atoms with van der Waals surface area (Å²) >= 11 is 0. The van der Waals surface area contributed by atoms with Crippen LogP contribution < -0.4 is 5.32 Å². The van der Waals surface area contributed by atoms with Crippen LogP contribution in [0.25, 0.3) is 0 Å². The van der Waals surface area contributed by atoms with E-state index in [9.17, 15) is 19.0 Å². The van der Waals surface area contributed by atoms with Crippen molar-refractivity contribution in [2.75, 3.05) is 40.9 Å². The highest BCUT2D eigenvalue weighted by molar-refractivity contribution is 7.47. The molecule has 0 aliphatic heterocycles. The number of unbranched alkanes of at least 4 members (excludes halogenated alkanes) is 32. The number of hydrogen-bond acceptors (Lipinski definition) is 6. The van der Waals surface area contributed by atoms with Gasteiger partial charge in [0.05, 0.1) is 33.8 Å².